The summed E-state index contributed by atoms with van der Waals surface area (Å²) >= 11 is 0. The number of benzene rings is 1. The van der Waals surface area contributed by atoms with Crippen LogP contribution in [0.1, 0.15) is 121 Å². The number of Topliss-reactive ketones (excluding diaryl/α,β-unsaturated/α-hetero) is 6. The van der Waals surface area contributed by atoms with Gasteiger partial charge in [0, 0.05) is 35.3 Å². The van der Waals surface area contributed by atoms with Gasteiger partial charge < -0.3 is 9.47 Å². The number of ketones is 6. The fourth-order valence-corrected chi connectivity index (χ4v) is 6.71. The molecule has 0 N–H and O–H groups in total. The average molecular weight is 637 g/mol. The van der Waals surface area contributed by atoms with Gasteiger partial charge in [-0.05, 0) is 92.2 Å². The number of nitrogens with zero attached hydrogens (tertiary/aromatic N) is 2. The van der Waals surface area contributed by atoms with Gasteiger partial charge in [0.25, 0.3) is 0 Å². The maximum Gasteiger partial charge on any atom is 0.410 e. The van der Waals surface area contributed by atoms with E-state index in [0.29, 0.717) is 25.7 Å². The van der Waals surface area contributed by atoms with E-state index in [2.05, 4.69) is 0 Å². The standard InChI is InChI=1S/C34H40N2O10/c1-33(2,3)45-31(43)35-13-9-7-11-21(35)29(41)23-25(37)17-15-19-20(16-18(17)26(23)38)28(40)24(27(19)39)30(42)22-12-8-10-14-36(22)32(44)46-34(4,5)6/h15-16,21-24H,7-14H2,1-6H3/t21-,22-,23?,24?/m0/s1. The van der Waals surface area contributed by atoms with E-state index in [1.165, 1.54) is 9.80 Å². The second-order valence-corrected chi connectivity index (χ2v) is 14.4. The Hall–Kier alpha value is -4.22. The Labute approximate surface area is 267 Å². The van der Waals surface area contributed by atoms with Crippen LogP contribution in [0.15, 0.2) is 12.1 Å². The van der Waals surface area contributed by atoms with Gasteiger partial charge in [-0.2, -0.15) is 0 Å². The molecule has 0 unspecified atom stereocenters. The van der Waals surface area contributed by atoms with Crippen LogP contribution in [-0.2, 0) is 19.1 Å². The van der Waals surface area contributed by atoms with Gasteiger partial charge in [0.15, 0.2) is 34.7 Å². The summed E-state index contributed by atoms with van der Waals surface area (Å²) in [5.41, 5.74) is -2.34. The highest BCUT2D eigenvalue weighted by atomic mass is 16.6. The Morgan fingerprint density at radius 1 is 0.565 bits per heavy atom. The number of carbonyl (C=O) groups excluding carboxylic acids is 8. The van der Waals surface area contributed by atoms with Crippen molar-refractivity contribution in [2.45, 2.75) is 103 Å². The van der Waals surface area contributed by atoms with Crippen molar-refractivity contribution in [1.82, 2.24) is 9.80 Å². The van der Waals surface area contributed by atoms with Crippen LogP contribution in [0.3, 0.4) is 0 Å². The van der Waals surface area contributed by atoms with Crippen molar-refractivity contribution in [3.05, 3.63) is 34.4 Å². The van der Waals surface area contributed by atoms with E-state index < -0.39 is 82.0 Å². The predicted octanol–water partition coefficient (Wildman–Crippen LogP) is 4.39. The van der Waals surface area contributed by atoms with Crippen molar-refractivity contribution in [2.24, 2.45) is 11.8 Å². The van der Waals surface area contributed by atoms with Gasteiger partial charge in [-0.3, -0.25) is 38.6 Å². The van der Waals surface area contributed by atoms with Crippen molar-refractivity contribution in [2.75, 3.05) is 13.1 Å². The van der Waals surface area contributed by atoms with E-state index in [4.69, 9.17) is 9.47 Å². The highest BCUT2D eigenvalue weighted by Gasteiger charge is 2.52. The van der Waals surface area contributed by atoms with Crippen molar-refractivity contribution in [1.29, 1.82) is 0 Å². The molecule has 0 bridgehead atoms. The lowest BCUT2D eigenvalue weighted by Crippen LogP contribution is -2.52. The summed E-state index contributed by atoms with van der Waals surface area (Å²) in [5.74, 6) is -8.19. The van der Waals surface area contributed by atoms with Gasteiger partial charge >= 0.3 is 12.2 Å². The van der Waals surface area contributed by atoms with Crippen molar-refractivity contribution >= 4 is 46.9 Å². The lowest BCUT2D eigenvalue weighted by Gasteiger charge is -2.36. The molecule has 2 saturated heterocycles. The summed E-state index contributed by atoms with van der Waals surface area (Å²) in [7, 11) is 0. The lowest BCUT2D eigenvalue weighted by atomic mass is 9.87. The molecule has 0 spiro atoms. The maximum absolute atomic E-state index is 13.7. The summed E-state index contributed by atoms with van der Waals surface area (Å²) in [5, 5.41) is 0. The van der Waals surface area contributed by atoms with Crippen LogP contribution >= 0.6 is 0 Å². The fraction of sp³-hybridized carbons (Fsp3) is 0.588. The number of ether oxygens (including phenoxy) is 2. The van der Waals surface area contributed by atoms with Gasteiger partial charge in [0.2, 0.25) is 0 Å². The molecular weight excluding hydrogens is 596 g/mol. The smallest absolute Gasteiger partial charge is 0.410 e. The first-order valence-corrected chi connectivity index (χ1v) is 15.8. The number of hydrogen-bond donors (Lipinski definition) is 0. The zero-order valence-electron chi connectivity index (χ0n) is 27.1. The maximum atomic E-state index is 13.7. The Kier molecular flexibility index (Phi) is 8.54. The largest absolute Gasteiger partial charge is 0.444 e. The molecule has 0 aromatic heterocycles. The van der Waals surface area contributed by atoms with Gasteiger partial charge in [0.1, 0.15) is 23.0 Å². The van der Waals surface area contributed by atoms with Crippen LogP contribution in [0.5, 0.6) is 0 Å². The number of carbonyl (C=O) groups is 8. The number of amides is 2. The molecule has 12 heteroatoms. The molecular formula is C34H40N2O10. The first-order valence-electron chi connectivity index (χ1n) is 15.8. The van der Waals surface area contributed by atoms with E-state index in [9.17, 15) is 38.4 Å². The quantitative estimate of drug-likeness (QED) is 0.433. The van der Waals surface area contributed by atoms with Crippen LogP contribution in [-0.4, -0.2) is 93.1 Å². The van der Waals surface area contributed by atoms with E-state index in [-0.39, 0.29) is 48.2 Å². The highest BCUT2D eigenvalue weighted by molar-refractivity contribution is 6.40. The third-order valence-corrected chi connectivity index (χ3v) is 8.76. The summed E-state index contributed by atoms with van der Waals surface area (Å²) < 4.78 is 10.9. The number of rotatable bonds is 4. The first kappa shape index (κ1) is 33.2. The first-order chi connectivity index (χ1) is 21.4. The molecule has 0 saturated carbocycles. The lowest BCUT2D eigenvalue weighted by molar-refractivity contribution is -0.127. The minimum absolute atomic E-state index is 0.177. The van der Waals surface area contributed by atoms with E-state index in [1.807, 2.05) is 0 Å². The second-order valence-electron chi connectivity index (χ2n) is 14.4. The Morgan fingerprint density at radius 2 is 0.870 bits per heavy atom. The molecule has 4 aliphatic rings. The molecule has 46 heavy (non-hydrogen) atoms. The third kappa shape index (κ3) is 6.01. The minimum atomic E-state index is -1.72. The molecule has 2 atom stereocenters. The molecule has 12 nitrogen and oxygen atoms in total. The number of piperidine rings is 2. The van der Waals surface area contributed by atoms with Gasteiger partial charge in [-0.15, -0.1) is 0 Å². The van der Waals surface area contributed by atoms with E-state index in [1.54, 1.807) is 41.5 Å². The average Bonchev–Trinajstić information content (AvgIpc) is 3.37. The molecule has 2 amide bonds. The number of hydrogen-bond acceptors (Lipinski definition) is 10. The minimum Gasteiger partial charge on any atom is -0.444 e. The van der Waals surface area contributed by atoms with Crippen LogP contribution in [0, 0.1) is 11.8 Å². The Morgan fingerprint density at radius 3 is 1.15 bits per heavy atom. The van der Waals surface area contributed by atoms with Crippen LogP contribution in [0.25, 0.3) is 0 Å². The molecule has 2 fully saturated rings. The summed E-state index contributed by atoms with van der Waals surface area (Å²) in [6, 6.07) is 0.169. The SMILES string of the molecule is CC(C)(C)OC(=O)N1CCCC[C@H]1C(=O)C1C(=O)c2cc3c(cc2C1=O)C(=O)C(C(=O)[C@@H]1CCCCN1C(=O)OC(C)(C)C)C3=O. The topological polar surface area (TPSA) is 161 Å². The highest BCUT2D eigenvalue weighted by Crippen LogP contribution is 2.38. The van der Waals surface area contributed by atoms with Crippen LogP contribution in [0.4, 0.5) is 9.59 Å². The second kappa shape index (κ2) is 11.9. The van der Waals surface area contributed by atoms with Crippen molar-refractivity contribution in [3.63, 3.8) is 0 Å². The van der Waals surface area contributed by atoms with Gasteiger partial charge in [-0.1, -0.05) is 0 Å². The third-order valence-electron chi connectivity index (χ3n) is 8.76. The zero-order valence-corrected chi connectivity index (χ0v) is 27.1. The Balaban J connectivity index is 1.39. The Bertz CT molecular complexity index is 1400. The van der Waals surface area contributed by atoms with E-state index in [0.717, 1.165) is 12.1 Å². The molecule has 2 aliphatic carbocycles. The molecule has 2 heterocycles. The molecule has 0 radical (unpaired) electrons. The summed E-state index contributed by atoms with van der Waals surface area (Å²) in [6.07, 6.45) is 1.55. The number of likely N-dealkylation sites (tertiary alicyclic amines) is 2. The molecule has 5 rings (SSSR count). The van der Waals surface area contributed by atoms with Crippen LogP contribution in [0.2, 0.25) is 0 Å². The van der Waals surface area contributed by atoms with Gasteiger partial charge in [-0.25, -0.2) is 9.59 Å². The molecule has 1 aromatic carbocycles. The number of fused-ring (bicyclic) bond motifs is 2. The van der Waals surface area contributed by atoms with Gasteiger partial charge in [0.05, 0.1) is 12.1 Å². The van der Waals surface area contributed by atoms with Crippen molar-refractivity contribution in [3.8, 4) is 0 Å². The zero-order chi connectivity index (χ0) is 33.9. The summed E-state index contributed by atoms with van der Waals surface area (Å²) in [4.78, 5) is 110. The fourth-order valence-electron chi connectivity index (χ4n) is 6.71. The van der Waals surface area contributed by atoms with Crippen LogP contribution < -0.4 is 0 Å². The molecule has 246 valence electrons. The van der Waals surface area contributed by atoms with Crippen molar-refractivity contribution < 1.29 is 47.8 Å². The molecule has 1 aromatic rings. The van der Waals surface area contributed by atoms with E-state index >= 15 is 0 Å². The summed E-state index contributed by atoms with van der Waals surface area (Å²) in [6.45, 7) is 10.6. The monoisotopic (exact) mass is 636 g/mol. The molecule has 2 aliphatic heterocycles. The predicted molar refractivity (Wildman–Crippen MR) is 162 cm³/mol. The normalized spacial score (nSPS) is 22.6.